The van der Waals surface area contributed by atoms with E-state index >= 15 is 0 Å². The molecule has 0 spiro atoms. The third-order valence-corrected chi connectivity index (χ3v) is 8.70. The second kappa shape index (κ2) is 9.98. The van der Waals surface area contributed by atoms with Gasteiger partial charge in [0, 0.05) is 18.0 Å². The summed E-state index contributed by atoms with van der Waals surface area (Å²) in [6, 6.07) is 49.1. The molecule has 7 aromatic carbocycles. The summed E-state index contributed by atoms with van der Waals surface area (Å²) in [7, 11) is 0. The Labute approximate surface area is 245 Å². The molecule has 1 heterocycles. The number of hydrogen-bond donors (Lipinski definition) is 0. The van der Waals surface area contributed by atoms with Gasteiger partial charge < -0.3 is 0 Å². The van der Waals surface area contributed by atoms with Gasteiger partial charge in [-0.2, -0.15) is 0 Å². The van der Waals surface area contributed by atoms with Crippen molar-refractivity contribution >= 4 is 43.1 Å². The van der Waals surface area contributed by atoms with E-state index in [0.717, 1.165) is 12.0 Å². The molecule has 198 valence electrons. The number of aromatic nitrogens is 1. The second-order valence-electron chi connectivity index (χ2n) is 11.0. The Morgan fingerprint density at radius 3 is 1.67 bits per heavy atom. The Bertz CT molecular complexity index is 2220. The molecule has 0 N–H and O–H groups in total. The number of hydrogen-bond acceptors (Lipinski definition) is 1. The van der Waals surface area contributed by atoms with E-state index in [1.54, 1.807) is 0 Å². The van der Waals surface area contributed by atoms with Crippen molar-refractivity contribution in [3.8, 4) is 33.4 Å². The van der Waals surface area contributed by atoms with Crippen LogP contribution in [0.25, 0.3) is 76.5 Å². The maximum absolute atomic E-state index is 4.40. The van der Waals surface area contributed by atoms with Crippen molar-refractivity contribution in [2.45, 2.75) is 13.3 Å². The van der Waals surface area contributed by atoms with Gasteiger partial charge in [-0.1, -0.05) is 128 Å². The van der Waals surface area contributed by atoms with Gasteiger partial charge in [0.2, 0.25) is 0 Å². The van der Waals surface area contributed by atoms with Crippen LogP contribution in [0.3, 0.4) is 0 Å². The predicted molar refractivity (Wildman–Crippen MR) is 180 cm³/mol. The molecule has 0 aliphatic rings. The molecule has 0 saturated heterocycles. The van der Waals surface area contributed by atoms with Gasteiger partial charge in [0.1, 0.15) is 0 Å². The van der Waals surface area contributed by atoms with Crippen molar-refractivity contribution in [3.05, 3.63) is 151 Å². The van der Waals surface area contributed by atoms with Crippen LogP contribution < -0.4 is 0 Å². The molecule has 0 radical (unpaired) electrons. The molecule has 0 aliphatic heterocycles. The summed E-state index contributed by atoms with van der Waals surface area (Å²) in [6.45, 7) is 2.21. The number of pyridine rings is 1. The topological polar surface area (TPSA) is 12.9 Å². The summed E-state index contributed by atoms with van der Waals surface area (Å²) in [6.07, 6.45) is 4.83. The van der Waals surface area contributed by atoms with E-state index in [4.69, 9.17) is 0 Å². The number of fused-ring (bicyclic) bond motifs is 4. The van der Waals surface area contributed by atoms with E-state index in [1.807, 2.05) is 18.5 Å². The molecule has 1 heteroatoms. The highest BCUT2D eigenvalue weighted by atomic mass is 14.6. The normalized spacial score (nSPS) is 11.5. The van der Waals surface area contributed by atoms with Crippen LogP contribution in [-0.2, 0) is 6.42 Å². The highest BCUT2D eigenvalue weighted by Gasteiger charge is 2.19. The lowest BCUT2D eigenvalue weighted by atomic mass is 9.83. The molecule has 8 aromatic rings. The van der Waals surface area contributed by atoms with Gasteiger partial charge in [-0.15, -0.1) is 0 Å². The number of nitrogens with zero attached hydrogens (tertiary/aromatic N) is 1. The first kappa shape index (κ1) is 24.5. The maximum Gasteiger partial charge on any atom is 0.0346 e. The zero-order chi connectivity index (χ0) is 28.0. The quantitative estimate of drug-likeness (QED) is 0.204. The van der Waals surface area contributed by atoms with E-state index in [2.05, 4.69) is 139 Å². The van der Waals surface area contributed by atoms with E-state index in [0.29, 0.717) is 0 Å². The lowest BCUT2D eigenvalue weighted by Gasteiger charge is -2.20. The van der Waals surface area contributed by atoms with Crippen LogP contribution in [0.15, 0.2) is 146 Å². The summed E-state index contributed by atoms with van der Waals surface area (Å²) in [5.74, 6) is 0. The van der Waals surface area contributed by atoms with Gasteiger partial charge in [-0.05, 0) is 95.0 Å². The van der Waals surface area contributed by atoms with Gasteiger partial charge >= 0.3 is 0 Å². The molecule has 0 bridgehead atoms. The van der Waals surface area contributed by atoms with Crippen molar-refractivity contribution < 1.29 is 0 Å². The molecule has 8 rings (SSSR count). The van der Waals surface area contributed by atoms with Crippen LogP contribution in [0, 0.1) is 0 Å². The Balaban J connectivity index is 1.44. The number of benzene rings is 7. The molecule has 0 unspecified atom stereocenters. The van der Waals surface area contributed by atoms with Crippen LogP contribution in [0.4, 0.5) is 0 Å². The Morgan fingerprint density at radius 1 is 0.452 bits per heavy atom. The zero-order valence-electron chi connectivity index (χ0n) is 23.5. The minimum Gasteiger partial charge on any atom is -0.264 e. The Hall–Kier alpha value is -5.27. The van der Waals surface area contributed by atoms with Crippen molar-refractivity contribution in [2.24, 2.45) is 0 Å². The summed E-state index contributed by atoms with van der Waals surface area (Å²) in [5, 5.41) is 10.1. The van der Waals surface area contributed by atoms with Gasteiger partial charge in [0.05, 0.1) is 0 Å². The highest BCUT2D eigenvalue weighted by Crippen LogP contribution is 2.46. The van der Waals surface area contributed by atoms with E-state index in [1.165, 1.54) is 76.5 Å². The van der Waals surface area contributed by atoms with Gasteiger partial charge in [-0.25, -0.2) is 0 Å². The fourth-order valence-corrected chi connectivity index (χ4v) is 6.69. The molecule has 0 saturated carbocycles. The molecular weight excluding hydrogens is 506 g/mol. The standard InChI is InChI=1S/C41H29N/c1-2-27-17-18-29-25-30(20-19-28(29)24-27)40-35-13-5-7-15-37(35)41(38-16-8-6-14-36(38)40)39-22-21-32(31-10-9-23-42-26-31)33-11-3-4-12-34(33)39/h3-26H,2H2,1H3. The molecule has 42 heavy (non-hydrogen) atoms. The van der Waals surface area contributed by atoms with E-state index in [9.17, 15) is 0 Å². The number of aryl methyl sites for hydroxylation is 1. The van der Waals surface area contributed by atoms with Crippen LogP contribution in [-0.4, -0.2) is 4.98 Å². The molecule has 1 aromatic heterocycles. The second-order valence-corrected chi connectivity index (χ2v) is 11.0. The molecule has 0 amide bonds. The van der Waals surface area contributed by atoms with E-state index < -0.39 is 0 Å². The van der Waals surface area contributed by atoms with Crippen LogP contribution in [0.2, 0.25) is 0 Å². The third kappa shape index (κ3) is 3.89. The monoisotopic (exact) mass is 535 g/mol. The Kier molecular flexibility index (Phi) is 5.82. The first-order chi connectivity index (χ1) is 20.8. The molecule has 0 fully saturated rings. The maximum atomic E-state index is 4.40. The summed E-state index contributed by atoms with van der Waals surface area (Å²) >= 11 is 0. The van der Waals surface area contributed by atoms with Gasteiger partial charge in [0.15, 0.2) is 0 Å². The Morgan fingerprint density at radius 2 is 1.02 bits per heavy atom. The average Bonchev–Trinajstić information content (AvgIpc) is 3.06. The van der Waals surface area contributed by atoms with Crippen LogP contribution in [0.1, 0.15) is 12.5 Å². The third-order valence-electron chi connectivity index (χ3n) is 8.70. The van der Waals surface area contributed by atoms with Crippen molar-refractivity contribution in [2.75, 3.05) is 0 Å². The molecule has 0 aliphatic carbocycles. The first-order valence-electron chi connectivity index (χ1n) is 14.7. The summed E-state index contributed by atoms with van der Waals surface area (Å²) in [5.41, 5.74) is 8.79. The SMILES string of the molecule is CCc1ccc2cc(-c3c4ccccc4c(-c4ccc(-c5cccnc5)c5ccccc45)c4ccccc34)ccc2c1. The lowest BCUT2D eigenvalue weighted by Crippen LogP contribution is -1.92. The van der Waals surface area contributed by atoms with Crippen LogP contribution in [0.5, 0.6) is 0 Å². The fraction of sp³-hybridized carbons (Fsp3) is 0.0488. The molecule has 0 atom stereocenters. The van der Waals surface area contributed by atoms with Gasteiger partial charge in [-0.3, -0.25) is 4.98 Å². The predicted octanol–water partition coefficient (Wildman–Crippen LogP) is 11.3. The summed E-state index contributed by atoms with van der Waals surface area (Å²) < 4.78 is 0. The zero-order valence-corrected chi connectivity index (χ0v) is 23.5. The van der Waals surface area contributed by atoms with E-state index in [-0.39, 0.29) is 0 Å². The van der Waals surface area contributed by atoms with Crippen molar-refractivity contribution in [3.63, 3.8) is 0 Å². The molecule has 1 nitrogen and oxygen atoms in total. The smallest absolute Gasteiger partial charge is 0.0346 e. The fourth-order valence-electron chi connectivity index (χ4n) is 6.69. The number of rotatable bonds is 4. The average molecular weight is 536 g/mol. The van der Waals surface area contributed by atoms with Crippen molar-refractivity contribution in [1.82, 2.24) is 4.98 Å². The van der Waals surface area contributed by atoms with Crippen molar-refractivity contribution in [1.29, 1.82) is 0 Å². The molecular formula is C41H29N. The minimum atomic E-state index is 1.05. The minimum absolute atomic E-state index is 1.05. The first-order valence-corrected chi connectivity index (χ1v) is 14.7. The van der Waals surface area contributed by atoms with Gasteiger partial charge in [0.25, 0.3) is 0 Å². The lowest BCUT2D eigenvalue weighted by molar-refractivity contribution is 1.15. The highest BCUT2D eigenvalue weighted by molar-refractivity contribution is 6.24. The summed E-state index contributed by atoms with van der Waals surface area (Å²) in [4.78, 5) is 4.40. The van der Waals surface area contributed by atoms with Crippen LogP contribution >= 0.6 is 0 Å². The largest absolute Gasteiger partial charge is 0.264 e.